The number of rotatable bonds is 7. The van der Waals surface area contributed by atoms with Gasteiger partial charge in [0.25, 0.3) is 11.8 Å². The average molecular weight is 472 g/mol. The van der Waals surface area contributed by atoms with Crippen molar-refractivity contribution >= 4 is 34.5 Å². The second-order valence-corrected chi connectivity index (χ2v) is 9.04. The summed E-state index contributed by atoms with van der Waals surface area (Å²) >= 11 is 0. The van der Waals surface area contributed by atoms with Gasteiger partial charge in [-0.1, -0.05) is 49.6 Å². The molecule has 4 aromatic rings. The molecule has 0 bridgehead atoms. The Morgan fingerprint density at radius 3 is 2.57 bits per heavy atom. The largest absolute Gasteiger partial charge is 0.364 e. The van der Waals surface area contributed by atoms with Crippen LogP contribution in [0.4, 0.5) is 11.6 Å². The molecule has 35 heavy (non-hydrogen) atoms. The third-order valence-corrected chi connectivity index (χ3v) is 6.73. The van der Waals surface area contributed by atoms with Crippen LogP contribution in [0.5, 0.6) is 0 Å². The first-order chi connectivity index (χ1) is 17.0. The van der Waals surface area contributed by atoms with Crippen LogP contribution in [-0.2, 0) is 6.54 Å². The highest BCUT2D eigenvalue weighted by atomic mass is 16.2. The summed E-state index contributed by atoms with van der Waals surface area (Å²) in [6, 6.07) is 15.9. The van der Waals surface area contributed by atoms with E-state index in [0.717, 1.165) is 16.6 Å². The van der Waals surface area contributed by atoms with Gasteiger partial charge in [0.2, 0.25) is 5.95 Å². The molecule has 1 aliphatic rings. The number of carbonyl (C=O) groups excluding carboxylic acids is 2. The fraction of sp³-hybridized carbons (Fsp3) is 0.308. The Labute approximate surface area is 203 Å². The number of fused-ring (bicyclic) bond motifs is 1. The molecule has 9 nitrogen and oxygen atoms in total. The van der Waals surface area contributed by atoms with Crippen molar-refractivity contribution in [3.8, 4) is 0 Å². The van der Waals surface area contributed by atoms with E-state index >= 15 is 0 Å². The lowest BCUT2D eigenvalue weighted by atomic mass is 9.94. The van der Waals surface area contributed by atoms with Crippen LogP contribution in [-0.4, -0.2) is 49.7 Å². The van der Waals surface area contributed by atoms with Crippen LogP contribution in [0.25, 0.3) is 11.0 Å². The van der Waals surface area contributed by atoms with Gasteiger partial charge in [-0.15, -0.1) is 0 Å². The molecule has 2 amide bonds. The first kappa shape index (κ1) is 22.8. The highest BCUT2D eigenvalue weighted by molar-refractivity contribution is 6.14. The number of nitrogens with zero attached hydrogens (tertiary/aromatic N) is 4. The summed E-state index contributed by atoms with van der Waals surface area (Å²) < 4.78 is 0. The zero-order chi connectivity index (χ0) is 24.4. The van der Waals surface area contributed by atoms with Crippen LogP contribution in [0.1, 0.15) is 58.6 Å². The summed E-state index contributed by atoms with van der Waals surface area (Å²) in [4.78, 5) is 44.5. The number of aromatic amines is 2. The van der Waals surface area contributed by atoms with Crippen LogP contribution in [0.15, 0.2) is 54.9 Å². The molecular weight excluding hydrogens is 442 g/mol. The predicted molar refractivity (Wildman–Crippen MR) is 134 cm³/mol. The number of hydrogen-bond donors (Lipinski definition) is 3. The Hall–Kier alpha value is -3.98. The minimum Gasteiger partial charge on any atom is -0.364 e. The van der Waals surface area contributed by atoms with Crippen LogP contribution < -0.4 is 10.6 Å². The number of aromatic nitrogens is 4. The minimum atomic E-state index is -0.774. The van der Waals surface area contributed by atoms with Gasteiger partial charge in [-0.05, 0) is 43.7 Å². The Morgan fingerprint density at radius 1 is 1.06 bits per heavy atom. The number of nitrogens with one attached hydrogen (secondary N) is 2. The van der Waals surface area contributed by atoms with Gasteiger partial charge in [-0.25, -0.2) is 14.9 Å². The second kappa shape index (κ2) is 9.71. The molecule has 0 spiro atoms. The van der Waals surface area contributed by atoms with Gasteiger partial charge in [0.1, 0.15) is 5.69 Å². The fourth-order valence-corrected chi connectivity index (χ4v) is 4.90. The molecule has 2 heterocycles. The van der Waals surface area contributed by atoms with Crippen LogP contribution >= 0.6 is 0 Å². The molecule has 2 aromatic carbocycles. The second-order valence-electron chi connectivity index (χ2n) is 9.04. The molecule has 0 aliphatic heterocycles. The van der Waals surface area contributed by atoms with Gasteiger partial charge in [0.15, 0.2) is 5.69 Å². The Morgan fingerprint density at radius 2 is 1.80 bits per heavy atom. The molecule has 9 heteroatoms. The van der Waals surface area contributed by atoms with E-state index in [4.69, 9.17) is 10.7 Å². The Balaban J connectivity index is 1.59. The van der Waals surface area contributed by atoms with Crippen molar-refractivity contribution in [2.24, 2.45) is 5.73 Å². The molecule has 2 aromatic heterocycles. The summed E-state index contributed by atoms with van der Waals surface area (Å²) in [6.07, 6.45) is 7.45. The summed E-state index contributed by atoms with van der Waals surface area (Å²) in [5.41, 5.74) is 8.61. The third kappa shape index (κ3) is 4.54. The Bertz CT molecular complexity index is 1320. The van der Waals surface area contributed by atoms with Crippen LogP contribution in [0.3, 0.4) is 0 Å². The predicted octanol–water partition coefficient (Wildman–Crippen LogP) is 4.13. The molecule has 0 saturated heterocycles. The van der Waals surface area contributed by atoms with Crippen LogP contribution in [0, 0.1) is 0 Å². The molecule has 0 atom stereocenters. The zero-order valence-corrected chi connectivity index (χ0v) is 19.7. The number of hydrogen-bond acceptors (Lipinski definition) is 5. The van der Waals surface area contributed by atoms with E-state index in [0.29, 0.717) is 24.2 Å². The lowest BCUT2D eigenvalue weighted by Gasteiger charge is -2.32. The Kier molecular flexibility index (Phi) is 6.33. The molecule has 5 rings (SSSR count). The summed E-state index contributed by atoms with van der Waals surface area (Å²) in [5.74, 6) is -0.887. The first-order valence-electron chi connectivity index (χ1n) is 11.9. The first-order valence-corrected chi connectivity index (χ1v) is 11.9. The van der Waals surface area contributed by atoms with Crippen molar-refractivity contribution in [2.75, 3.05) is 11.9 Å². The van der Waals surface area contributed by atoms with Gasteiger partial charge in [-0.2, -0.15) is 0 Å². The summed E-state index contributed by atoms with van der Waals surface area (Å²) in [5, 5.41) is 0. The molecule has 1 fully saturated rings. The smallest absolute Gasteiger partial charge is 0.284 e. The zero-order valence-electron chi connectivity index (χ0n) is 19.7. The normalized spacial score (nSPS) is 14.5. The standard InChI is InChI=1S/C26H29N7O2/c1-32(18-10-3-2-4-11-18)15-17-9-5-8-14-21(17)33(25(35)23-22(24(27)34)28-16-29-23)26-30-19-12-6-7-13-20(19)31-26/h5-9,12-14,16,18H,2-4,10-11,15H2,1H3,(H2,27,34)(H,28,29)(H,30,31). The molecule has 180 valence electrons. The topological polar surface area (TPSA) is 124 Å². The van der Waals surface area contributed by atoms with Crippen molar-refractivity contribution in [1.29, 1.82) is 0 Å². The fourth-order valence-electron chi connectivity index (χ4n) is 4.90. The van der Waals surface area contributed by atoms with E-state index in [1.54, 1.807) is 0 Å². The number of para-hydroxylation sites is 3. The van der Waals surface area contributed by atoms with Crippen LogP contribution in [0.2, 0.25) is 0 Å². The van der Waals surface area contributed by atoms with Crippen molar-refractivity contribution < 1.29 is 9.59 Å². The highest BCUT2D eigenvalue weighted by Gasteiger charge is 2.30. The molecular formula is C26H29N7O2. The van der Waals surface area contributed by atoms with E-state index in [-0.39, 0.29) is 11.4 Å². The highest BCUT2D eigenvalue weighted by Crippen LogP contribution is 2.32. The van der Waals surface area contributed by atoms with Gasteiger partial charge in [-0.3, -0.25) is 14.5 Å². The van der Waals surface area contributed by atoms with E-state index in [9.17, 15) is 9.59 Å². The van der Waals surface area contributed by atoms with Crippen molar-refractivity contribution in [3.63, 3.8) is 0 Å². The number of carbonyl (C=O) groups is 2. The number of anilines is 2. The summed E-state index contributed by atoms with van der Waals surface area (Å²) in [7, 11) is 2.14. The van der Waals surface area contributed by atoms with Gasteiger partial charge < -0.3 is 15.7 Å². The molecule has 4 N–H and O–H groups in total. The molecule has 0 radical (unpaired) electrons. The van der Waals surface area contributed by atoms with E-state index < -0.39 is 11.8 Å². The third-order valence-electron chi connectivity index (χ3n) is 6.73. The van der Waals surface area contributed by atoms with Gasteiger partial charge in [0, 0.05) is 12.6 Å². The monoisotopic (exact) mass is 471 g/mol. The molecule has 0 unspecified atom stereocenters. The average Bonchev–Trinajstić information content (AvgIpc) is 3.53. The number of nitrogens with two attached hydrogens (primary N) is 1. The number of benzene rings is 2. The minimum absolute atomic E-state index is 0.0217. The number of primary amides is 1. The molecule has 1 saturated carbocycles. The van der Waals surface area contributed by atoms with Crippen molar-refractivity contribution in [1.82, 2.24) is 24.8 Å². The van der Waals surface area contributed by atoms with E-state index in [1.807, 2.05) is 48.5 Å². The lowest BCUT2D eigenvalue weighted by Crippen LogP contribution is -2.34. The van der Waals surface area contributed by atoms with E-state index in [2.05, 4.69) is 26.9 Å². The van der Waals surface area contributed by atoms with Crippen molar-refractivity contribution in [3.05, 3.63) is 71.8 Å². The number of amides is 2. The maximum absolute atomic E-state index is 13.9. The van der Waals surface area contributed by atoms with E-state index in [1.165, 1.54) is 43.3 Å². The summed E-state index contributed by atoms with van der Waals surface area (Å²) in [6.45, 7) is 0.677. The lowest BCUT2D eigenvalue weighted by molar-refractivity contribution is 0.0961. The maximum atomic E-state index is 13.9. The number of imidazole rings is 2. The number of H-pyrrole nitrogens is 2. The van der Waals surface area contributed by atoms with Gasteiger partial charge >= 0.3 is 0 Å². The maximum Gasteiger partial charge on any atom is 0.284 e. The van der Waals surface area contributed by atoms with Crippen molar-refractivity contribution in [2.45, 2.75) is 44.7 Å². The molecule has 1 aliphatic carbocycles. The van der Waals surface area contributed by atoms with Gasteiger partial charge in [0.05, 0.1) is 23.0 Å². The SMILES string of the molecule is CN(Cc1ccccc1N(C(=O)c1[nH]cnc1C(N)=O)c1nc2ccccc2[nH]1)C1CCCCC1. The quantitative estimate of drug-likeness (QED) is 0.374.